The third-order valence-corrected chi connectivity index (χ3v) is 4.72. The van der Waals surface area contributed by atoms with Crippen LogP contribution in [0.2, 0.25) is 10.0 Å². The second-order valence-corrected chi connectivity index (χ2v) is 7.09. The first-order valence-electron chi connectivity index (χ1n) is 6.89. The Bertz CT molecular complexity index is 584. The zero-order valence-corrected chi connectivity index (χ0v) is 14.6. The number of alkyl halides is 1. The highest BCUT2D eigenvalue weighted by Gasteiger charge is 2.37. The number of amides is 2. The van der Waals surface area contributed by atoms with Crippen LogP contribution < -0.4 is 10.2 Å². The lowest BCUT2D eigenvalue weighted by molar-refractivity contribution is -0.131. The molecule has 0 radical (unpaired) electrons. The maximum absolute atomic E-state index is 12.5. The van der Waals surface area contributed by atoms with Gasteiger partial charge in [0.2, 0.25) is 11.8 Å². The highest BCUT2D eigenvalue weighted by molar-refractivity contribution is 6.35. The molecule has 0 aromatic heterocycles. The number of benzene rings is 1. The Labute approximate surface area is 144 Å². The van der Waals surface area contributed by atoms with Gasteiger partial charge in [0, 0.05) is 28.2 Å². The molecule has 0 saturated carbocycles. The Balaban J connectivity index is 2.11. The van der Waals surface area contributed by atoms with Crippen molar-refractivity contribution in [2.45, 2.75) is 26.3 Å². The van der Waals surface area contributed by atoms with Crippen LogP contribution in [0.5, 0.6) is 0 Å². The Hall–Kier alpha value is -0.970. The predicted octanol–water partition coefficient (Wildman–Crippen LogP) is 3.48. The molecule has 2 rings (SSSR count). The monoisotopic (exact) mass is 362 g/mol. The Morgan fingerprint density at radius 1 is 1.32 bits per heavy atom. The normalized spacial score (nSPS) is 18.7. The minimum Gasteiger partial charge on any atom is -0.344 e. The van der Waals surface area contributed by atoms with Crippen LogP contribution in [0.1, 0.15) is 20.3 Å². The summed E-state index contributed by atoms with van der Waals surface area (Å²) in [6.45, 7) is 3.98. The average molecular weight is 364 g/mol. The van der Waals surface area contributed by atoms with Gasteiger partial charge >= 0.3 is 0 Å². The molecule has 1 heterocycles. The van der Waals surface area contributed by atoms with Crippen molar-refractivity contribution in [1.82, 2.24) is 5.32 Å². The molecule has 1 N–H and O–H groups in total. The third-order valence-electron chi connectivity index (χ3n) is 3.62. The molecule has 1 saturated heterocycles. The van der Waals surface area contributed by atoms with Gasteiger partial charge < -0.3 is 10.2 Å². The topological polar surface area (TPSA) is 49.4 Å². The number of anilines is 1. The Morgan fingerprint density at radius 3 is 2.45 bits per heavy atom. The molecule has 1 atom stereocenters. The summed E-state index contributed by atoms with van der Waals surface area (Å²) in [5.41, 5.74) is -0.0786. The molecular formula is C15H17Cl3N2O2. The molecule has 1 aromatic carbocycles. The molecule has 0 spiro atoms. The van der Waals surface area contributed by atoms with E-state index < -0.39 is 11.5 Å². The van der Waals surface area contributed by atoms with Gasteiger partial charge in [0.1, 0.15) is 6.04 Å². The number of rotatable bonds is 4. The summed E-state index contributed by atoms with van der Waals surface area (Å²) in [6, 6.07) is 4.42. The van der Waals surface area contributed by atoms with Crippen molar-refractivity contribution in [3.05, 3.63) is 28.2 Å². The quantitative estimate of drug-likeness (QED) is 0.833. The molecule has 7 heteroatoms. The summed E-state index contributed by atoms with van der Waals surface area (Å²) < 4.78 is 0. The van der Waals surface area contributed by atoms with Crippen LogP contribution in [-0.2, 0) is 9.59 Å². The van der Waals surface area contributed by atoms with Crippen LogP contribution in [0.15, 0.2) is 18.2 Å². The van der Waals surface area contributed by atoms with Crippen molar-refractivity contribution in [3.63, 3.8) is 0 Å². The lowest BCUT2D eigenvalue weighted by Gasteiger charge is -2.23. The molecule has 1 aromatic rings. The van der Waals surface area contributed by atoms with Gasteiger partial charge in [-0.1, -0.05) is 23.2 Å². The van der Waals surface area contributed by atoms with Gasteiger partial charge in [-0.25, -0.2) is 0 Å². The van der Waals surface area contributed by atoms with Crippen molar-refractivity contribution < 1.29 is 9.59 Å². The van der Waals surface area contributed by atoms with E-state index in [9.17, 15) is 9.59 Å². The van der Waals surface area contributed by atoms with Crippen molar-refractivity contribution in [2.75, 3.05) is 17.3 Å². The molecule has 1 fully saturated rings. The predicted molar refractivity (Wildman–Crippen MR) is 89.9 cm³/mol. The molecule has 1 aliphatic rings. The summed E-state index contributed by atoms with van der Waals surface area (Å²) in [7, 11) is 0. The van der Waals surface area contributed by atoms with Crippen LogP contribution in [0.4, 0.5) is 5.69 Å². The molecule has 2 amide bonds. The number of carbonyl (C=O) groups excluding carboxylic acids is 2. The van der Waals surface area contributed by atoms with Gasteiger partial charge in [0.25, 0.3) is 0 Å². The molecule has 1 unspecified atom stereocenters. The molecule has 120 valence electrons. The summed E-state index contributed by atoms with van der Waals surface area (Å²) in [5, 5.41) is 3.70. The molecule has 4 nitrogen and oxygen atoms in total. The van der Waals surface area contributed by atoms with Crippen LogP contribution in [0, 0.1) is 5.41 Å². The smallest absolute Gasteiger partial charge is 0.249 e. The van der Waals surface area contributed by atoms with Crippen molar-refractivity contribution in [2.24, 2.45) is 5.41 Å². The summed E-state index contributed by atoms with van der Waals surface area (Å²) in [6.07, 6.45) is 0.535. The standard InChI is InChI=1S/C15H17Cl3N2O2/c1-15(2,8-16)14(22)19-12-3-4-20(13(12)21)11-6-9(17)5-10(18)7-11/h5-7,12H,3-4,8H2,1-2H3,(H,19,22). The van der Waals surface area contributed by atoms with E-state index in [1.165, 1.54) is 0 Å². The Kier molecular flexibility index (Phi) is 5.25. The maximum Gasteiger partial charge on any atom is 0.249 e. The fourth-order valence-electron chi connectivity index (χ4n) is 2.18. The molecule has 1 aliphatic heterocycles. The molecule has 0 aliphatic carbocycles. The number of nitrogens with one attached hydrogen (secondary N) is 1. The van der Waals surface area contributed by atoms with Gasteiger partial charge in [-0.3, -0.25) is 9.59 Å². The largest absolute Gasteiger partial charge is 0.344 e. The lowest BCUT2D eigenvalue weighted by Crippen LogP contribution is -2.47. The molecular weight excluding hydrogens is 347 g/mol. The van der Waals surface area contributed by atoms with Crippen molar-refractivity contribution in [3.8, 4) is 0 Å². The van der Waals surface area contributed by atoms with Gasteiger partial charge in [-0.05, 0) is 38.5 Å². The number of hydrogen-bond acceptors (Lipinski definition) is 2. The van der Waals surface area contributed by atoms with Crippen LogP contribution in [0.3, 0.4) is 0 Å². The van der Waals surface area contributed by atoms with Gasteiger partial charge in [-0.2, -0.15) is 0 Å². The van der Waals surface area contributed by atoms with E-state index in [1.807, 2.05) is 0 Å². The summed E-state index contributed by atoms with van der Waals surface area (Å²) in [4.78, 5) is 26.2. The van der Waals surface area contributed by atoms with Crippen LogP contribution >= 0.6 is 34.8 Å². The van der Waals surface area contributed by atoms with Gasteiger partial charge in [-0.15, -0.1) is 11.6 Å². The second kappa shape index (κ2) is 6.65. The van der Waals surface area contributed by atoms with E-state index in [1.54, 1.807) is 36.9 Å². The lowest BCUT2D eigenvalue weighted by atomic mass is 9.95. The number of nitrogens with zero attached hydrogens (tertiary/aromatic N) is 1. The highest BCUT2D eigenvalue weighted by atomic mass is 35.5. The van der Waals surface area contributed by atoms with Crippen molar-refractivity contribution >= 4 is 52.3 Å². The third kappa shape index (κ3) is 3.67. The first-order chi connectivity index (χ1) is 10.2. The zero-order chi connectivity index (χ0) is 16.5. The fraction of sp³-hybridized carbons (Fsp3) is 0.467. The number of carbonyl (C=O) groups is 2. The van der Waals surface area contributed by atoms with E-state index in [4.69, 9.17) is 34.8 Å². The van der Waals surface area contributed by atoms with E-state index >= 15 is 0 Å². The van der Waals surface area contributed by atoms with Crippen LogP contribution in [-0.4, -0.2) is 30.3 Å². The van der Waals surface area contributed by atoms with Gasteiger partial charge in [0.15, 0.2) is 0 Å². The highest BCUT2D eigenvalue weighted by Crippen LogP contribution is 2.29. The van der Waals surface area contributed by atoms with E-state index in [0.29, 0.717) is 28.7 Å². The number of halogens is 3. The minimum absolute atomic E-state index is 0.169. The fourth-order valence-corrected chi connectivity index (χ4v) is 2.82. The van der Waals surface area contributed by atoms with Gasteiger partial charge in [0.05, 0.1) is 5.41 Å². The number of hydrogen-bond donors (Lipinski definition) is 1. The SMILES string of the molecule is CC(C)(CCl)C(=O)NC1CCN(c2cc(Cl)cc(Cl)c2)C1=O. The molecule has 22 heavy (non-hydrogen) atoms. The Morgan fingerprint density at radius 2 is 1.91 bits per heavy atom. The molecule has 0 bridgehead atoms. The minimum atomic E-state index is -0.714. The zero-order valence-electron chi connectivity index (χ0n) is 12.3. The summed E-state index contributed by atoms with van der Waals surface area (Å²) in [5.74, 6) is -0.211. The second-order valence-electron chi connectivity index (χ2n) is 5.95. The average Bonchev–Trinajstić information content (AvgIpc) is 2.79. The van der Waals surface area contributed by atoms with Crippen molar-refractivity contribution in [1.29, 1.82) is 0 Å². The van der Waals surface area contributed by atoms with E-state index in [2.05, 4.69) is 5.32 Å². The first kappa shape index (κ1) is 17.4. The first-order valence-corrected chi connectivity index (χ1v) is 8.18. The maximum atomic E-state index is 12.5. The van der Waals surface area contributed by atoms with Crippen LogP contribution in [0.25, 0.3) is 0 Å². The van der Waals surface area contributed by atoms with E-state index in [-0.39, 0.29) is 17.7 Å². The summed E-state index contributed by atoms with van der Waals surface area (Å²) >= 11 is 17.7. The van der Waals surface area contributed by atoms with E-state index in [0.717, 1.165) is 0 Å².